The average Bonchev–Trinajstić information content (AvgIpc) is 3.18. The number of carbonyl (C=O) groups is 1. The molecule has 3 heterocycles. The Kier molecular flexibility index (Phi) is 7.53. The van der Waals surface area contributed by atoms with E-state index in [1.807, 2.05) is 0 Å². The average molecular weight is 553 g/mol. The van der Waals surface area contributed by atoms with Crippen LogP contribution in [0, 0.1) is 12.7 Å². The Morgan fingerprint density at radius 3 is 2.76 bits per heavy atom. The Balaban J connectivity index is 1.67. The third kappa shape index (κ3) is 6.08. The molecule has 1 aliphatic heterocycles. The second kappa shape index (κ2) is 10.3. The van der Waals surface area contributed by atoms with Crippen molar-refractivity contribution < 1.29 is 26.5 Å². The lowest BCUT2D eigenvalue weighted by molar-refractivity contribution is 0.100. The molecule has 14 heteroatoms. The Labute approximate surface area is 215 Å². The highest BCUT2D eigenvalue weighted by molar-refractivity contribution is 7.93. The number of benzene rings is 1. The van der Waals surface area contributed by atoms with Gasteiger partial charge in [-0.1, -0.05) is 6.92 Å². The van der Waals surface area contributed by atoms with E-state index >= 15 is 0 Å². The summed E-state index contributed by atoms with van der Waals surface area (Å²) in [6.07, 6.45) is 6.15. The molecule has 11 nitrogen and oxygen atoms in total. The Morgan fingerprint density at radius 2 is 2.05 bits per heavy atom. The Hall–Kier alpha value is -3.10. The van der Waals surface area contributed by atoms with Gasteiger partial charge < -0.3 is 10.1 Å². The van der Waals surface area contributed by atoms with E-state index in [4.69, 9.17) is 4.74 Å². The van der Waals surface area contributed by atoms with Crippen molar-refractivity contribution in [2.75, 3.05) is 36.7 Å². The number of aryl methyl sites for hydroxylation is 1. The molecular weight excluding hydrogens is 523 g/mol. The van der Waals surface area contributed by atoms with Gasteiger partial charge in [0.15, 0.2) is 5.82 Å². The molecule has 200 valence electrons. The van der Waals surface area contributed by atoms with Crippen molar-refractivity contribution in [2.45, 2.75) is 32.8 Å². The van der Waals surface area contributed by atoms with Gasteiger partial charge in [-0.15, -0.1) is 0 Å². The molecule has 1 aliphatic rings. The van der Waals surface area contributed by atoms with Crippen LogP contribution in [0.3, 0.4) is 0 Å². The highest BCUT2D eigenvalue weighted by atomic mass is 32.2. The lowest BCUT2D eigenvalue weighted by Crippen LogP contribution is -2.43. The van der Waals surface area contributed by atoms with E-state index in [0.717, 1.165) is 6.26 Å². The van der Waals surface area contributed by atoms with Gasteiger partial charge >= 0.3 is 0 Å². The van der Waals surface area contributed by atoms with E-state index in [1.165, 1.54) is 45.8 Å². The van der Waals surface area contributed by atoms with Crippen LogP contribution in [-0.2, 0) is 19.8 Å². The number of carbonyl (C=O) groups excluding carboxylic acids is 1. The number of fused-ring (bicyclic) bond motifs is 1. The highest BCUT2D eigenvalue weighted by Gasteiger charge is 2.28. The number of halogens is 1. The highest BCUT2D eigenvalue weighted by Crippen LogP contribution is 2.33. The van der Waals surface area contributed by atoms with Gasteiger partial charge in [0.2, 0.25) is 10.0 Å². The maximum absolute atomic E-state index is 14.2. The summed E-state index contributed by atoms with van der Waals surface area (Å²) < 4.78 is 63.2. The van der Waals surface area contributed by atoms with Crippen molar-refractivity contribution in [3.8, 4) is 5.75 Å². The summed E-state index contributed by atoms with van der Waals surface area (Å²) in [6, 6.07) is 3.98. The zero-order chi connectivity index (χ0) is 27.0. The van der Waals surface area contributed by atoms with Crippen molar-refractivity contribution in [3.05, 3.63) is 47.7 Å². The van der Waals surface area contributed by atoms with Crippen LogP contribution in [0.15, 0.2) is 35.1 Å². The molecule has 0 aliphatic carbocycles. The summed E-state index contributed by atoms with van der Waals surface area (Å²) in [7, 11) is -6.02. The largest absolute Gasteiger partial charge is 0.487 e. The lowest BCUT2D eigenvalue weighted by atomic mass is 10.1. The smallest absolute Gasteiger partial charge is 0.286 e. The van der Waals surface area contributed by atoms with Gasteiger partial charge in [-0.2, -0.15) is 13.8 Å². The van der Waals surface area contributed by atoms with Crippen molar-refractivity contribution in [2.24, 2.45) is 4.36 Å². The first-order valence-electron chi connectivity index (χ1n) is 11.6. The topological polar surface area (TPSA) is 135 Å². The van der Waals surface area contributed by atoms with Crippen LogP contribution in [0.2, 0.25) is 0 Å². The fourth-order valence-corrected chi connectivity index (χ4v) is 5.54. The zero-order valence-electron chi connectivity index (χ0n) is 21.0. The van der Waals surface area contributed by atoms with E-state index in [-0.39, 0.29) is 23.6 Å². The molecule has 2 aromatic heterocycles. The number of nitrogens with zero attached hydrogens (tertiary/aromatic N) is 5. The predicted molar refractivity (Wildman–Crippen MR) is 139 cm³/mol. The fraction of sp³-hybridized carbons (Fsp3) is 0.435. The van der Waals surface area contributed by atoms with Crippen LogP contribution < -0.4 is 10.1 Å². The number of hydrogen-bond donors (Lipinski definition) is 1. The number of nitrogens with one attached hydrogen (secondary N) is 1. The molecule has 4 rings (SSSR count). The van der Waals surface area contributed by atoms with Crippen molar-refractivity contribution in [1.82, 2.24) is 18.9 Å². The molecule has 1 aromatic carbocycles. The van der Waals surface area contributed by atoms with Gasteiger partial charge in [0.25, 0.3) is 5.91 Å². The van der Waals surface area contributed by atoms with Crippen LogP contribution in [0.25, 0.3) is 5.52 Å². The summed E-state index contributed by atoms with van der Waals surface area (Å²) >= 11 is 0. The maximum Gasteiger partial charge on any atom is 0.286 e. The van der Waals surface area contributed by atoms with E-state index in [0.29, 0.717) is 42.0 Å². The molecule has 1 unspecified atom stereocenters. The van der Waals surface area contributed by atoms with Crippen LogP contribution >= 0.6 is 0 Å². The number of amides is 1. The van der Waals surface area contributed by atoms with Gasteiger partial charge in [-0.3, -0.25) is 4.79 Å². The van der Waals surface area contributed by atoms with Crippen LogP contribution in [0.1, 0.15) is 35.7 Å². The molecule has 0 saturated carbocycles. The quantitative estimate of drug-likeness (QED) is 0.473. The summed E-state index contributed by atoms with van der Waals surface area (Å²) in [5.41, 5.74) is 1.66. The predicted octanol–water partition coefficient (Wildman–Crippen LogP) is 2.98. The summed E-state index contributed by atoms with van der Waals surface area (Å²) in [4.78, 5) is 17.1. The van der Waals surface area contributed by atoms with E-state index in [2.05, 4.69) is 19.8 Å². The van der Waals surface area contributed by atoms with Crippen LogP contribution in [0.4, 0.5) is 15.9 Å². The molecule has 1 fully saturated rings. The van der Waals surface area contributed by atoms with Gasteiger partial charge in [0, 0.05) is 30.8 Å². The first-order valence-corrected chi connectivity index (χ1v) is 15.6. The number of anilines is 2. The van der Waals surface area contributed by atoms with Gasteiger partial charge in [-0.25, -0.2) is 26.5 Å². The second-order valence-electron chi connectivity index (χ2n) is 8.98. The standard InChI is InChI=1S/C23H29FN6O5S2/c1-5-36(3,32)28-23(31)18-13-30-21(15(18)2)22(25-14-26-30)27-19-9-8-16(24)11-20(19)35-17-7-6-10-29(12-17)37(4,33)34/h8-9,11,13-14,17H,5-7,10,12H2,1-4H3,(H,25,26,27)/t17-,36?/m1/s1. The van der Waals surface area contributed by atoms with Crippen LogP contribution in [0.5, 0.6) is 5.75 Å². The van der Waals surface area contributed by atoms with Crippen molar-refractivity contribution in [3.63, 3.8) is 0 Å². The van der Waals surface area contributed by atoms with Crippen molar-refractivity contribution >= 4 is 42.7 Å². The molecule has 0 spiro atoms. The second-order valence-corrected chi connectivity index (χ2v) is 13.6. The summed E-state index contributed by atoms with van der Waals surface area (Å²) in [5, 5.41) is 7.30. The molecular formula is C23H29FN6O5S2. The number of ether oxygens (including phenoxy) is 1. The van der Waals surface area contributed by atoms with E-state index in [9.17, 15) is 21.8 Å². The van der Waals surface area contributed by atoms with E-state index < -0.39 is 37.6 Å². The molecule has 37 heavy (non-hydrogen) atoms. The minimum atomic E-state index is -3.37. The molecule has 0 radical (unpaired) electrons. The number of sulfonamides is 1. The normalized spacial score (nSPS) is 18.4. The SMILES string of the molecule is CCS(C)(=O)=NC(=O)c1cn2ncnc(Nc3ccc(F)cc3O[C@@H]3CCCN(S(C)(=O)=O)C3)c2c1C. The fourth-order valence-electron chi connectivity index (χ4n) is 4.06. The summed E-state index contributed by atoms with van der Waals surface area (Å²) in [6.45, 7) is 3.99. The molecule has 1 saturated heterocycles. The number of piperidine rings is 1. The first-order chi connectivity index (χ1) is 17.4. The first kappa shape index (κ1) is 26.9. The Morgan fingerprint density at radius 1 is 1.30 bits per heavy atom. The molecule has 1 amide bonds. The molecule has 3 aromatic rings. The molecule has 2 atom stereocenters. The van der Waals surface area contributed by atoms with Gasteiger partial charge in [-0.05, 0) is 37.5 Å². The van der Waals surface area contributed by atoms with Crippen molar-refractivity contribution in [1.29, 1.82) is 0 Å². The van der Waals surface area contributed by atoms with E-state index in [1.54, 1.807) is 13.8 Å². The minimum absolute atomic E-state index is 0.164. The number of hydrogen-bond acceptors (Lipinski definition) is 8. The lowest BCUT2D eigenvalue weighted by Gasteiger charge is -2.31. The molecule has 0 bridgehead atoms. The minimum Gasteiger partial charge on any atom is -0.487 e. The third-order valence-corrected chi connectivity index (χ3v) is 9.06. The maximum atomic E-state index is 14.2. The third-order valence-electron chi connectivity index (χ3n) is 6.17. The van der Waals surface area contributed by atoms with Crippen LogP contribution in [-0.4, -0.2) is 74.9 Å². The number of rotatable bonds is 7. The monoisotopic (exact) mass is 552 g/mol. The van der Waals surface area contributed by atoms with Gasteiger partial charge in [0.05, 0.1) is 33.8 Å². The molecule has 1 N–H and O–H groups in total. The zero-order valence-corrected chi connectivity index (χ0v) is 22.6. The Bertz CT molecular complexity index is 1580. The summed E-state index contributed by atoms with van der Waals surface area (Å²) in [5.74, 6) is -0.356. The van der Waals surface area contributed by atoms with Gasteiger partial charge in [0.1, 0.15) is 29.5 Å². The number of aromatic nitrogens is 3.